The highest BCUT2D eigenvalue weighted by Crippen LogP contribution is 2.06. The molecule has 21 nitrogen and oxygen atoms in total. The summed E-state index contributed by atoms with van der Waals surface area (Å²) in [6.45, 7) is 8.83. The summed E-state index contributed by atoms with van der Waals surface area (Å²) >= 11 is 0. The van der Waals surface area contributed by atoms with Gasteiger partial charge in [0.25, 0.3) is 0 Å². The van der Waals surface area contributed by atoms with Gasteiger partial charge >= 0.3 is 0 Å². The topological polar surface area (TPSA) is 325 Å². The summed E-state index contributed by atoms with van der Waals surface area (Å²) in [4.78, 5) is 117. The van der Waals surface area contributed by atoms with Crippen molar-refractivity contribution in [2.24, 2.45) is 5.73 Å². The number of nitrogens with two attached hydrogens (primary N) is 1. The molecule has 396 valence electrons. The second kappa shape index (κ2) is 40.5. The molecule has 0 bridgehead atoms. The number of aliphatic hydroxyl groups is 1. The zero-order valence-corrected chi connectivity index (χ0v) is 42.4. The second-order valence-corrected chi connectivity index (χ2v) is 15.6. The minimum atomic E-state index is -0.852. The summed E-state index contributed by atoms with van der Waals surface area (Å²) in [5.74, 6) is -3.04. The molecular formula is C51H76N10O11. The average Bonchev–Trinajstić information content (AvgIpc) is 3.38. The number of ketones is 3. The van der Waals surface area contributed by atoms with Crippen molar-refractivity contribution in [1.29, 1.82) is 0 Å². The van der Waals surface area contributed by atoms with E-state index in [1.807, 2.05) is 97.9 Å². The van der Waals surface area contributed by atoms with Crippen molar-refractivity contribution in [3.63, 3.8) is 0 Å². The lowest BCUT2D eigenvalue weighted by atomic mass is 10.0. The van der Waals surface area contributed by atoms with Crippen LogP contribution in [0.2, 0.25) is 0 Å². The molecule has 0 saturated heterocycles. The minimum Gasteiger partial charge on any atom is -0.397 e. The number of benzene rings is 3. The standard InChI is InChI=1S/C19H28N4O4.C17H24N4O4.C13H18N2O2.C2H6O/c1-3-15(24)11-22-19(27)16(10-14-8-6-5-7-9-14)23-18(26)13-21-17(25)12-20-4-2;1-2-13(22)10-20-17(25)14(8-12-6-4-3-5-7-12)21-16(24)11-19-15(23)9-18;1-10(16)12(15-13(17)9-14-2)8-11-6-4-3-5-7-11;1-2-3/h5-9,16,20H,3-4,10-13H2,1-2H3,(H,21,25)(H,22,27)(H,23,26);3-7,14H,2,8-11,18H2,1H3,(H,19,23)(H,20,25)(H,21,24);3-7,12,14H,8-9H2,1-2H3,(H,15,17);3H,2H2,1H3/t16-;14-;12-;/m000./s1. The third-order valence-corrected chi connectivity index (χ3v) is 9.64. The van der Waals surface area contributed by atoms with Crippen LogP contribution in [0.25, 0.3) is 0 Å². The predicted octanol–water partition coefficient (Wildman–Crippen LogP) is -1.06. The van der Waals surface area contributed by atoms with Gasteiger partial charge in [-0.15, -0.1) is 0 Å². The van der Waals surface area contributed by atoms with Crippen molar-refractivity contribution in [2.75, 3.05) is 66.0 Å². The van der Waals surface area contributed by atoms with Crippen LogP contribution in [0.4, 0.5) is 0 Å². The summed E-state index contributed by atoms with van der Waals surface area (Å²) in [5.41, 5.74) is 7.92. The smallest absolute Gasteiger partial charge is 0.243 e. The number of rotatable bonds is 28. The molecule has 0 aliphatic heterocycles. The summed E-state index contributed by atoms with van der Waals surface area (Å²) in [6, 6.07) is 25.9. The van der Waals surface area contributed by atoms with Crippen molar-refractivity contribution in [1.82, 2.24) is 47.9 Å². The molecule has 0 fully saturated rings. The molecule has 0 radical (unpaired) electrons. The maximum atomic E-state index is 12.4. The molecular weight excluding hydrogens is 929 g/mol. The Balaban J connectivity index is 0.00000104. The molecule has 0 spiro atoms. The second-order valence-electron chi connectivity index (χ2n) is 15.6. The number of hydrogen-bond acceptors (Lipinski definition) is 14. The first-order valence-electron chi connectivity index (χ1n) is 23.8. The fourth-order valence-corrected chi connectivity index (χ4v) is 5.76. The van der Waals surface area contributed by atoms with Gasteiger partial charge in [-0.05, 0) is 50.6 Å². The zero-order chi connectivity index (χ0) is 54.1. The predicted molar refractivity (Wildman–Crippen MR) is 274 cm³/mol. The van der Waals surface area contributed by atoms with E-state index in [-0.39, 0.29) is 94.4 Å². The van der Waals surface area contributed by atoms with Gasteiger partial charge in [-0.3, -0.25) is 47.9 Å². The number of nitrogens with one attached hydrogen (secondary N) is 9. The monoisotopic (exact) mass is 1000 g/mol. The van der Waals surface area contributed by atoms with Gasteiger partial charge in [0.15, 0.2) is 17.3 Å². The van der Waals surface area contributed by atoms with E-state index >= 15 is 0 Å². The van der Waals surface area contributed by atoms with Gasteiger partial charge in [0.1, 0.15) is 12.1 Å². The molecule has 3 atom stereocenters. The number of aliphatic hydroxyl groups excluding tert-OH is 1. The summed E-state index contributed by atoms with van der Waals surface area (Å²) in [6.07, 6.45) is 1.73. The highest BCUT2D eigenvalue weighted by Gasteiger charge is 2.23. The normalized spacial score (nSPS) is 11.2. The lowest BCUT2D eigenvalue weighted by Gasteiger charge is -2.19. The summed E-state index contributed by atoms with van der Waals surface area (Å²) in [7, 11) is 1.69. The molecule has 0 aromatic heterocycles. The fourth-order valence-electron chi connectivity index (χ4n) is 5.76. The van der Waals surface area contributed by atoms with Crippen LogP contribution in [0.1, 0.15) is 64.2 Å². The van der Waals surface area contributed by atoms with Crippen LogP contribution >= 0.6 is 0 Å². The highest BCUT2D eigenvalue weighted by molar-refractivity contribution is 5.94. The molecule has 7 amide bonds. The van der Waals surface area contributed by atoms with E-state index in [1.165, 1.54) is 6.92 Å². The van der Waals surface area contributed by atoms with E-state index < -0.39 is 47.7 Å². The third-order valence-electron chi connectivity index (χ3n) is 9.64. The van der Waals surface area contributed by atoms with Crippen LogP contribution < -0.4 is 53.6 Å². The molecule has 0 aliphatic carbocycles. The maximum Gasteiger partial charge on any atom is 0.243 e. The van der Waals surface area contributed by atoms with Crippen LogP contribution in [-0.4, -0.2) is 148 Å². The number of amides is 7. The molecule has 3 aromatic rings. The lowest BCUT2D eigenvalue weighted by molar-refractivity contribution is -0.130. The number of Topliss-reactive ketones (excluding diaryl/α,β-unsaturated/α-hetero) is 3. The first kappa shape index (κ1) is 64.8. The maximum absolute atomic E-state index is 12.4. The van der Waals surface area contributed by atoms with Gasteiger partial charge < -0.3 is 58.7 Å². The van der Waals surface area contributed by atoms with E-state index in [0.29, 0.717) is 25.8 Å². The fraction of sp³-hybridized carbons (Fsp3) is 0.451. The average molecular weight is 1010 g/mol. The van der Waals surface area contributed by atoms with E-state index in [1.54, 1.807) is 27.8 Å². The molecule has 21 heteroatoms. The Morgan fingerprint density at radius 1 is 0.472 bits per heavy atom. The molecule has 0 unspecified atom stereocenters. The van der Waals surface area contributed by atoms with Crippen LogP contribution in [0, 0.1) is 0 Å². The van der Waals surface area contributed by atoms with Crippen molar-refractivity contribution in [2.45, 2.75) is 84.8 Å². The molecule has 72 heavy (non-hydrogen) atoms. The molecule has 3 rings (SSSR count). The van der Waals surface area contributed by atoms with Gasteiger partial charge in [0.2, 0.25) is 41.4 Å². The van der Waals surface area contributed by atoms with Crippen LogP contribution in [-0.2, 0) is 67.2 Å². The third kappa shape index (κ3) is 32.6. The van der Waals surface area contributed by atoms with Crippen molar-refractivity contribution in [3.05, 3.63) is 108 Å². The van der Waals surface area contributed by atoms with Gasteiger partial charge in [0.05, 0.1) is 51.9 Å². The van der Waals surface area contributed by atoms with Gasteiger partial charge in [-0.1, -0.05) is 112 Å². The first-order valence-corrected chi connectivity index (χ1v) is 23.8. The van der Waals surface area contributed by atoms with Crippen LogP contribution in [0.5, 0.6) is 0 Å². The molecule has 0 heterocycles. The van der Waals surface area contributed by atoms with Crippen molar-refractivity contribution < 1.29 is 53.1 Å². The lowest BCUT2D eigenvalue weighted by Crippen LogP contribution is -2.51. The van der Waals surface area contributed by atoms with Crippen molar-refractivity contribution >= 4 is 58.7 Å². The highest BCUT2D eigenvalue weighted by atomic mass is 16.2. The van der Waals surface area contributed by atoms with Crippen molar-refractivity contribution in [3.8, 4) is 0 Å². The van der Waals surface area contributed by atoms with E-state index in [9.17, 15) is 47.9 Å². The Morgan fingerprint density at radius 3 is 1.15 bits per heavy atom. The Bertz CT molecular complexity index is 2100. The number of carbonyl (C=O) groups excluding carboxylic acids is 10. The Hall–Kier alpha value is -7.20. The zero-order valence-electron chi connectivity index (χ0n) is 42.4. The summed E-state index contributed by atoms with van der Waals surface area (Å²) < 4.78 is 0. The van der Waals surface area contributed by atoms with Gasteiger partial charge in [-0.25, -0.2) is 0 Å². The molecule has 0 aliphatic rings. The number of hydrogen-bond donors (Lipinski definition) is 11. The van der Waals surface area contributed by atoms with E-state index in [2.05, 4.69) is 47.9 Å². The number of likely N-dealkylation sites (N-methyl/N-ethyl adjacent to an activating group) is 2. The van der Waals surface area contributed by atoms with Crippen LogP contribution in [0.15, 0.2) is 91.0 Å². The quantitative estimate of drug-likeness (QED) is 0.0414. The van der Waals surface area contributed by atoms with E-state index in [4.69, 9.17) is 10.8 Å². The Labute approximate surface area is 422 Å². The summed E-state index contributed by atoms with van der Waals surface area (Å²) in [5, 5.41) is 31.0. The van der Waals surface area contributed by atoms with Gasteiger partial charge in [-0.2, -0.15) is 0 Å². The number of carbonyl (C=O) groups is 10. The molecule has 0 saturated carbocycles. The van der Waals surface area contributed by atoms with Gasteiger partial charge in [0, 0.05) is 32.3 Å². The molecule has 12 N–H and O–H groups in total. The van der Waals surface area contributed by atoms with Crippen LogP contribution in [0.3, 0.4) is 0 Å². The molecule has 3 aromatic carbocycles. The van der Waals surface area contributed by atoms with E-state index in [0.717, 1.165) is 16.7 Å². The minimum absolute atomic E-state index is 0.0293. The largest absolute Gasteiger partial charge is 0.397 e. The Kier molecular flexibility index (Phi) is 36.5. The first-order chi connectivity index (χ1) is 34.5. The SMILES string of the molecule is CCC(=O)CNC(=O)[C@H](Cc1ccccc1)NC(=O)CNC(=O)CN.CCNCC(=O)NCC(=O)N[C@@H](Cc1ccccc1)C(=O)NCC(=O)CC.CCO.CNCC(=O)N[C@@H](Cc1ccccc1)C(C)=O. The Morgan fingerprint density at radius 2 is 0.819 bits per heavy atom.